The number of aliphatic hydroxyl groups excluding tert-OH is 1. The van der Waals surface area contributed by atoms with Gasteiger partial charge in [0.05, 0.1) is 5.39 Å². The Balaban J connectivity index is 2.41. The van der Waals surface area contributed by atoms with Crippen LogP contribution in [0.3, 0.4) is 0 Å². The van der Waals surface area contributed by atoms with Gasteiger partial charge in [-0.3, -0.25) is 18.9 Å². The van der Waals surface area contributed by atoms with Gasteiger partial charge in [-0.1, -0.05) is 13.8 Å². The molecule has 2 heterocycles. The molecule has 10 heteroatoms. The molecule has 1 N–H and O–H groups in total. The van der Waals surface area contributed by atoms with Crippen molar-refractivity contribution in [2.75, 3.05) is 0 Å². The summed E-state index contributed by atoms with van der Waals surface area (Å²) in [6.45, 7) is 12.4. The molecule has 3 aromatic rings. The van der Waals surface area contributed by atoms with E-state index in [0.29, 0.717) is 11.2 Å². The van der Waals surface area contributed by atoms with Gasteiger partial charge in [0.15, 0.2) is 5.82 Å². The molecule has 0 aliphatic carbocycles. The molecule has 0 amide bonds. The van der Waals surface area contributed by atoms with E-state index in [1.807, 2.05) is 13.8 Å². The van der Waals surface area contributed by atoms with Gasteiger partial charge in [-0.2, -0.15) is 4.68 Å². The molecular weight excluding hydrogens is 427 g/mol. The molecule has 0 saturated carbocycles. The van der Waals surface area contributed by atoms with E-state index < -0.39 is 23.7 Å². The Morgan fingerprint density at radius 2 is 1.97 bits per heavy atom. The van der Waals surface area contributed by atoms with Gasteiger partial charge >= 0.3 is 5.69 Å². The molecule has 0 spiro atoms. The second-order valence-corrected chi connectivity index (χ2v) is 8.03. The second-order valence-electron chi connectivity index (χ2n) is 8.03. The van der Waals surface area contributed by atoms with Crippen LogP contribution in [-0.2, 0) is 13.2 Å². The van der Waals surface area contributed by atoms with Crippen molar-refractivity contribution in [1.29, 1.82) is 0 Å². The van der Waals surface area contributed by atoms with Crippen molar-refractivity contribution in [2.45, 2.75) is 53.7 Å². The number of fused-ring (bicyclic) bond motifs is 1. The van der Waals surface area contributed by atoms with E-state index in [0.717, 1.165) is 21.9 Å². The standard InChI is InChI=1S/C23H27FN6O3/c1-7-28-20(11-31)27-30(23(28)33)19-9-15-16(8-18(19)24)22(32)29(10-17(15)13(2)3)21(14(4)5)26-12-25-6/h8-10,12-13,31H,6-7,11H2,1-5H3. The Kier molecular flexibility index (Phi) is 6.87. The van der Waals surface area contributed by atoms with Gasteiger partial charge in [-0.15, -0.1) is 5.10 Å². The Labute approximate surface area is 189 Å². The number of aliphatic imine (C=N–C) groups is 2. The monoisotopic (exact) mass is 454 g/mol. The van der Waals surface area contributed by atoms with Gasteiger partial charge in [-0.25, -0.2) is 14.2 Å². The summed E-state index contributed by atoms with van der Waals surface area (Å²) in [5, 5.41) is 14.3. The fraction of sp³-hybridized carbons (Fsp3) is 0.348. The van der Waals surface area contributed by atoms with E-state index in [-0.39, 0.29) is 29.4 Å². The molecule has 33 heavy (non-hydrogen) atoms. The lowest BCUT2D eigenvalue weighted by Gasteiger charge is -2.17. The number of halogens is 1. The zero-order chi connectivity index (χ0) is 24.4. The van der Waals surface area contributed by atoms with E-state index in [1.54, 1.807) is 27.0 Å². The van der Waals surface area contributed by atoms with Crippen LogP contribution < -0.4 is 11.2 Å². The van der Waals surface area contributed by atoms with Crippen LogP contribution >= 0.6 is 0 Å². The molecule has 0 atom stereocenters. The van der Waals surface area contributed by atoms with Crippen LogP contribution in [0.5, 0.6) is 0 Å². The average Bonchev–Trinajstić information content (AvgIpc) is 3.09. The number of pyridine rings is 1. The minimum absolute atomic E-state index is 0.0319. The van der Waals surface area contributed by atoms with Crippen LogP contribution in [0, 0.1) is 5.82 Å². The topological polar surface area (TPSA) is 107 Å². The van der Waals surface area contributed by atoms with Crippen molar-refractivity contribution in [1.82, 2.24) is 18.9 Å². The minimum atomic E-state index is -0.783. The van der Waals surface area contributed by atoms with E-state index >= 15 is 4.39 Å². The summed E-state index contributed by atoms with van der Waals surface area (Å²) < 4.78 is 18.8. The summed E-state index contributed by atoms with van der Waals surface area (Å²) in [5.74, 6) is -0.320. The van der Waals surface area contributed by atoms with Gasteiger partial charge in [0.2, 0.25) is 0 Å². The van der Waals surface area contributed by atoms with Crippen LogP contribution in [0.2, 0.25) is 0 Å². The van der Waals surface area contributed by atoms with Gasteiger partial charge in [0, 0.05) is 12.7 Å². The van der Waals surface area contributed by atoms with Gasteiger partial charge in [-0.05, 0) is 62.1 Å². The minimum Gasteiger partial charge on any atom is -0.388 e. The van der Waals surface area contributed by atoms with E-state index in [1.165, 1.54) is 21.5 Å². The molecule has 0 aliphatic rings. The predicted octanol–water partition coefficient (Wildman–Crippen LogP) is 3.06. The molecule has 0 bridgehead atoms. The van der Waals surface area contributed by atoms with Crippen molar-refractivity contribution in [3.05, 3.63) is 61.9 Å². The largest absolute Gasteiger partial charge is 0.388 e. The number of rotatable bonds is 7. The summed E-state index contributed by atoms with van der Waals surface area (Å²) in [6.07, 6.45) is 2.92. The molecule has 0 aliphatic heterocycles. The number of allylic oxidation sites excluding steroid dienone is 1. The highest BCUT2D eigenvalue weighted by Crippen LogP contribution is 2.28. The third kappa shape index (κ3) is 4.21. The smallest absolute Gasteiger partial charge is 0.350 e. The number of benzene rings is 1. The number of nitrogens with zero attached hydrogens (tertiary/aromatic N) is 6. The summed E-state index contributed by atoms with van der Waals surface area (Å²) in [4.78, 5) is 33.9. The first-order chi connectivity index (χ1) is 15.7. The summed E-state index contributed by atoms with van der Waals surface area (Å²) in [7, 11) is 0. The van der Waals surface area contributed by atoms with Crippen LogP contribution in [0.1, 0.15) is 51.9 Å². The Morgan fingerprint density at radius 1 is 1.27 bits per heavy atom. The van der Waals surface area contributed by atoms with E-state index in [4.69, 9.17) is 0 Å². The highest BCUT2D eigenvalue weighted by molar-refractivity contribution is 5.88. The zero-order valence-corrected chi connectivity index (χ0v) is 19.3. The number of hydrogen-bond acceptors (Lipinski definition) is 5. The molecular formula is C23H27FN6O3. The normalized spacial score (nSPS) is 11.6. The molecule has 0 saturated heterocycles. The van der Waals surface area contributed by atoms with Gasteiger partial charge in [0.1, 0.15) is 30.3 Å². The highest BCUT2D eigenvalue weighted by atomic mass is 19.1. The molecule has 0 unspecified atom stereocenters. The molecule has 1 aromatic carbocycles. The molecule has 3 rings (SSSR count). The Hall–Kier alpha value is -3.66. The zero-order valence-electron chi connectivity index (χ0n) is 19.3. The fourth-order valence-electron chi connectivity index (χ4n) is 3.71. The first-order valence-electron chi connectivity index (χ1n) is 10.5. The first-order valence-corrected chi connectivity index (χ1v) is 10.5. The van der Waals surface area contributed by atoms with Crippen LogP contribution in [-0.4, -0.2) is 37.1 Å². The van der Waals surface area contributed by atoms with E-state index in [2.05, 4.69) is 21.8 Å². The van der Waals surface area contributed by atoms with Crippen LogP contribution in [0.15, 0.2) is 43.5 Å². The predicted molar refractivity (Wildman–Crippen MR) is 128 cm³/mol. The first kappa shape index (κ1) is 24.0. The second kappa shape index (κ2) is 9.45. The van der Waals surface area contributed by atoms with Gasteiger partial charge < -0.3 is 5.11 Å². The highest BCUT2D eigenvalue weighted by Gasteiger charge is 2.20. The molecule has 174 valence electrons. The Morgan fingerprint density at radius 3 is 2.48 bits per heavy atom. The maximum absolute atomic E-state index is 15.3. The summed E-state index contributed by atoms with van der Waals surface area (Å²) >= 11 is 0. The quantitative estimate of drug-likeness (QED) is 0.437. The van der Waals surface area contributed by atoms with Crippen molar-refractivity contribution in [3.8, 4) is 5.69 Å². The average molecular weight is 455 g/mol. The maximum atomic E-state index is 15.3. The third-order valence-electron chi connectivity index (χ3n) is 5.30. The number of aromatic nitrogens is 4. The van der Waals surface area contributed by atoms with Crippen molar-refractivity contribution in [3.63, 3.8) is 0 Å². The Bertz CT molecular complexity index is 1400. The van der Waals surface area contributed by atoms with Crippen molar-refractivity contribution < 1.29 is 9.50 Å². The van der Waals surface area contributed by atoms with Crippen molar-refractivity contribution >= 4 is 29.6 Å². The summed E-state index contributed by atoms with van der Waals surface area (Å²) in [5.41, 5.74) is 0.398. The van der Waals surface area contributed by atoms with Crippen LogP contribution in [0.4, 0.5) is 4.39 Å². The SMILES string of the molecule is C=NC=NC(=C(C)C)n1cc(C(C)C)c2cc(-n3nc(CO)n(CC)c3=O)c(F)cc2c1=O. The van der Waals surface area contributed by atoms with Crippen LogP contribution in [0.25, 0.3) is 22.3 Å². The lowest BCUT2D eigenvalue weighted by atomic mass is 9.97. The fourth-order valence-corrected chi connectivity index (χ4v) is 3.71. The van der Waals surface area contributed by atoms with E-state index in [9.17, 15) is 14.7 Å². The molecule has 2 aromatic heterocycles. The lowest BCUT2D eigenvalue weighted by molar-refractivity contribution is 0.264. The summed E-state index contributed by atoms with van der Waals surface area (Å²) in [6, 6.07) is 2.57. The number of aliphatic hydroxyl groups is 1. The lowest BCUT2D eigenvalue weighted by Crippen LogP contribution is -2.25. The molecule has 0 fully saturated rings. The molecule has 0 radical (unpaired) electrons. The number of hydrogen-bond donors (Lipinski definition) is 1. The maximum Gasteiger partial charge on any atom is 0.350 e. The molecule has 9 nitrogen and oxygen atoms in total. The van der Waals surface area contributed by atoms with Crippen molar-refractivity contribution in [2.24, 2.45) is 9.98 Å². The van der Waals surface area contributed by atoms with Gasteiger partial charge in [0.25, 0.3) is 5.56 Å². The third-order valence-corrected chi connectivity index (χ3v) is 5.30.